The van der Waals surface area contributed by atoms with E-state index in [2.05, 4.69) is 5.32 Å². The molecular weight excluding hydrogens is 302 g/mol. The van der Waals surface area contributed by atoms with Crippen molar-refractivity contribution >= 4 is 23.6 Å². The van der Waals surface area contributed by atoms with Gasteiger partial charge >= 0.3 is 5.97 Å². The van der Waals surface area contributed by atoms with Crippen molar-refractivity contribution in [2.45, 2.75) is 19.8 Å². The third-order valence-electron chi connectivity index (χ3n) is 3.38. The number of hydrogen-bond acceptors (Lipinski definition) is 3. The van der Waals surface area contributed by atoms with Crippen molar-refractivity contribution in [1.29, 1.82) is 0 Å². The zero-order chi connectivity index (χ0) is 17.2. The summed E-state index contributed by atoms with van der Waals surface area (Å²) in [5.74, 6) is -0.623. The molecule has 0 saturated carbocycles. The van der Waals surface area contributed by atoms with E-state index in [9.17, 15) is 9.59 Å². The van der Waals surface area contributed by atoms with Crippen molar-refractivity contribution in [3.05, 3.63) is 71.8 Å². The summed E-state index contributed by atoms with van der Waals surface area (Å²) in [6.45, 7) is 2.45. The molecule has 0 aliphatic heterocycles. The number of amides is 1. The number of para-hydroxylation sites is 1. The second-order valence-corrected chi connectivity index (χ2v) is 5.26. The molecule has 0 aliphatic carbocycles. The average Bonchev–Trinajstić information content (AvgIpc) is 2.61. The molecule has 124 valence electrons. The highest BCUT2D eigenvalue weighted by molar-refractivity contribution is 6.07. The fourth-order valence-corrected chi connectivity index (χ4v) is 2.09. The molecule has 2 aromatic carbocycles. The van der Waals surface area contributed by atoms with Gasteiger partial charge in [-0.15, -0.1) is 0 Å². The van der Waals surface area contributed by atoms with Crippen molar-refractivity contribution in [3.8, 4) is 0 Å². The first-order chi connectivity index (χ1) is 11.7. The monoisotopic (exact) mass is 323 g/mol. The predicted molar refractivity (Wildman–Crippen MR) is 95.7 cm³/mol. The van der Waals surface area contributed by atoms with Gasteiger partial charge < -0.3 is 10.1 Å². The lowest BCUT2D eigenvalue weighted by Gasteiger charge is -2.07. The third kappa shape index (κ3) is 5.39. The Bertz CT molecular complexity index is 708. The van der Waals surface area contributed by atoms with Gasteiger partial charge in [-0.3, -0.25) is 4.79 Å². The van der Waals surface area contributed by atoms with Crippen LogP contribution in [0, 0.1) is 0 Å². The molecule has 1 amide bonds. The molecule has 0 bridgehead atoms. The lowest BCUT2D eigenvalue weighted by atomic mass is 10.1. The van der Waals surface area contributed by atoms with E-state index in [-0.39, 0.29) is 5.91 Å². The number of hydrogen-bond donors (Lipinski definition) is 1. The Morgan fingerprint density at radius 1 is 1.04 bits per heavy atom. The number of anilines is 1. The highest BCUT2D eigenvalue weighted by atomic mass is 16.5. The summed E-state index contributed by atoms with van der Waals surface area (Å²) in [7, 11) is 0. The van der Waals surface area contributed by atoms with Crippen molar-refractivity contribution in [3.63, 3.8) is 0 Å². The van der Waals surface area contributed by atoms with Gasteiger partial charge in [0.15, 0.2) is 0 Å². The predicted octanol–water partition coefficient (Wildman–Crippen LogP) is 4.30. The Hall–Kier alpha value is -2.88. The number of nitrogens with one attached hydrogen (secondary N) is 1. The zero-order valence-electron chi connectivity index (χ0n) is 13.7. The fourth-order valence-electron chi connectivity index (χ4n) is 2.09. The van der Waals surface area contributed by atoms with Crippen LogP contribution in [0.1, 0.15) is 35.7 Å². The smallest absolute Gasteiger partial charge is 0.330 e. The largest absolute Gasteiger partial charge is 0.463 e. The molecule has 4 heteroatoms. The topological polar surface area (TPSA) is 55.4 Å². The van der Waals surface area contributed by atoms with E-state index in [1.807, 2.05) is 43.3 Å². The molecule has 0 saturated heterocycles. The van der Waals surface area contributed by atoms with Crippen LogP contribution in [0.4, 0.5) is 5.69 Å². The molecule has 2 rings (SSSR count). The first-order valence-corrected chi connectivity index (χ1v) is 8.01. The molecule has 0 fully saturated rings. The van der Waals surface area contributed by atoms with Gasteiger partial charge in [-0.1, -0.05) is 49.7 Å². The van der Waals surface area contributed by atoms with Crippen molar-refractivity contribution < 1.29 is 14.3 Å². The quantitative estimate of drug-likeness (QED) is 0.470. The molecule has 1 N–H and O–H groups in total. The van der Waals surface area contributed by atoms with E-state index in [1.54, 1.807) is 24.3 Å². The van der Waals surface area contributed by atoms with E-state index < -0.39 is 5.97 Å². The van der Waals surface area contributed by atoms with Crippen LogP contribution in [0.2, 0.25) is 0 Å². The van der Waals surface area contributed by atoms with Gasteiger partial charge in [-0.05, 0) is 36.3 Å². The number of esters is 1. The number of carbonyl (C=O) groups is 2. The van der Waals surface area contributed by atoms with Crippen LogP contribution in [0.15, 0.2) is 60.7 Å². The summed E-state index contributed by atoms with van der Waals surface area (Å²) in [5, 5.41) is 2.84. The summed E-state index contributed by atoms with van der Waals surface area (Å²) in [5.41, 5.74) is 1.89. The van der Waals surface area contributed by atoms with Gasteiger partial charge in [0.25, 0.3) is 5.91 Å². The van der Waals surface area contributed by atoms with E-state index in [0.29, 0.717) is 17.7 Å². The highest BCUT2D eigenvalue weighted by Gasteiger charge is 2.09. The maximum Gasteiger partial charge on any atom is 0.330 e. The van der Waals surface area contributed by atoms with Gasteiger partial charge in [0, 0.05) is 17.3 Å². The Labute approximate surface area is 142 Å². The maximum atomic E-state index is 12.4. The Balaban J connectivity index is 2.06. The van der Waals surface area contributed by atoms with Gasteiger partial charge in [0.05, 0.1) is 6.61 Å². The Kier molecular flexibility index (Phi) is 6.77. The molecule has 0 aromatic heterocycles. The lowest BCUT2D eigenvalue weighted by molar-refractivity contribution is -0.137. The van der Waals surface area contributed by atoms with Crippen molar-refractivity contribution in [2.75, 3.05) is 11.9 Å². The summed E-state index contributed by atoms with van der Waals surface area (Å²) < 4.78 is 5.07. The van der Waals surface area contributed by atoms with E-state index in [1.165, 1.54) is 6.08 Å². The van der Waals surface area contributed by atoms with Crippen LogP contribution in [0.3, 0.4) is 0 Å². The van der Waals surface area contributed by atoms with Crippen LogP contribution in [-0.4, -0.2) is 18.5 Å². The Morgan fingerprint density at radius 3 is 2.50 bits per heavy atom. The number of unbranched alkanes of at least 4 members (excludes halogenated alkanes) is 1. The minimum Gasteiger partial charge on any atom is -0.463 e. The van der Waals surface area contributed by atoms with Gasteiger partial charge in [-0.2, -0.15) is 0 Å². The van der Waals surface area contributed by atoms with Crippen molar-refractivity contribution in [1.82, 2.24) is 0 Å². The molecule has 0 radical (unpaired) electrons. The van der Waals surface area contributed by atoms with Crippen molar-refractivity contribution in [2.24, 2.45) is 0 Å². The number of ether oxygens (including phenoxy) is 1. The summed E-state index contributed by atoms with van der Waals surface area (Å²) in [6.07, 6.45) is 4.77. The molecule has 0 atom stereocenters. The minimum absolute atomic E-state index is 0.221. The molecule has 0 aliphatic rings. The maximum absolute atomic E-state index is 12.4. The normalized spacial score (nSPS) is 10.5. The summed E-state index contributed by atoms with van der Waals surface area (Å²) in [4.78, 5) is 24.1. The number of carbonyl (C=O) groups excluding carboxylic acids is 2. The van der Waals surface area contributed by atoms with Crippen LogP contribution < -0.4 is 5.32 Å². The van der Waals surface area contributed by atoms with Gasteiger partial charge in [0.2, 0.25) is 0 Å². The van der Waals surface area contributed by atoms with Crippen LogP contribution in [-0.2, 0) is 9.53 Å². The summed E-state index contributed by atoms with van der Waals surface area (Å²) >= 11 is 0. The zero-order valence-corrected chi connectivity index (χ0v) is 13.7. The fraction of sp³-hybridized carbons (Fsp3) is 0.200. The van der Waals surface area contributed by atoms with Gasteiger partial charge in [-0.25, -0.2) is 4.79 Å². The van der Waals surface area contributed by atoms with Crippen LogP contribution >= 0.6 is 0 Å². The minimum atomic E-state index is -0.401. The summed E-state index contributed by atoms with van der Waals surface area (Å²) in [6, 6.07) is 16.4. The molecule has 0 unspecified atom stereocenters. The van der Waals surface area contributed by atoms with E-state index in [4.69, 9.17) is 4.74 Å². The molecule has 24 heavy (non-hydrogen) atoms. The van der Waals surface area contributed by atoms with Crippen LogP contribution in [0.5, 0.6) is 0 Å². The molecular formula is C20H21NO3. The van der Waals surface area contributed by atoms with Gasteiger partial charge in [0.1, 0.15) is 0 Å². The molecule has 0 heterocycles. The average molecular weight is 323 g/mol. The number of benzene rings is 2. The third-order valence-corrected chi connectivity index (χ3v) is 3.38. The van der Waals surface area contributed by atoms with E-state index >= 15 is 0 Å². The second kappa shape index (κ2) is 9.30. The molecule has 0 spiro atoms. The standard InChI is InChI=1S/C20H21NO3/c1-2-3-15-24-19(22)14-13-16-9-7-8-12-18(16)20(23)21-17-10-5-4-6-11-17/h4-14H,2-3,15H2,1H3,(H,21,23)/b14-13+. The number of rotatable bonds is 7. The first-order valence-electron chi connectivity index (χ1n) is 8.01. The molecule has 2 aromatic rings. The lowest BCUT2D eigenvalue weighted by Crippen LogP contribution is -2.13. The van der Waals surface area contributed by atoms with Crippen LogP contribution in [0.25, 0.3) is 6.08 Å². The molecule has 4 nitrogen and oxygen atoms in total. The SMILES string of the molecule is CCCCOC(=O)/C=C/c1ccccc1C(=O)Nc1ccccc1. The Morgan fingerprint density at radius 2 is 1.75 bits per heavy atom. The highest BCUT2D eigenvalue weighted by Crippen LogP contribution is 2.14. The second-order valence-electron chi connectivity index (χ2n) is 5.26. The van der Waals surface area contributed by atoms with E-state index in [0.717, 1.165) is 18.5 Å². The first kappa shape index (κ1) is 17.5.